The number of hydrogen-bond donors (Lipinski definition) is 0. The van der Waals surface area contributed by atoms with Gasteiger partial charge in [-0.3, -0.25) is 0 Å². The maximum atomic E-state index is 6.46. The van der Waals surface area contributed by atoms with E-state index >= 15 is 0 Å². The number of furan rings is 1. The maximum absolute atomic E-state index is 6.46. The van der Waals surface area contributed by atoms with Crippen molar-refractivity contribution >= 4 is 71.9 Å². The Kier molecular flexibility index (Phi) is 7.78. The van der Waals surface area contributed by atoms with Gasteiger partial charge in [-0.15, -0.1) is 0 Å². The first kappa shape index (κ1) is 33.9. The number of anilines is 3. The predicted molar refractivity (Wildman–Crippen MR) is 247 cm³/mol. The summed E-state index contributed by atoms with van der Waals surface area (Å²) in [5.74, 6) is 0.596. The minimum atomic E-state index is 0.596. The molecule has 12 rings (SSSR count). The lowest BCUT2D eigenvalue weighted by Gasteiger charge is -2.26. The Morgan fingerprint density at radius 1 is 0.383 bits per heavy atom. The molecule has 0 saturated carbocycles. The van der Waals surface area contributed by atoms with Crippen LogP contribution in [0.25, 0.3) is 94.2 Å². The standard InChI is InChI=1S/C55H35N3O2/c1-4-13-36(14-5-1)37-23-27-41(28-24-37)57(43-31-32-50-46(33-43)45-19-10-11-21-49(45)58(50)40-17-8-3-9-18-40)42-29-25-38(26-30-42)44-20-12-22-51-54(44)47-34-53-48(35-52(47)59-51)56-55(60-53)39-15-6-2-7-16-39/h1-35H. The van der Waals surface area contributed by atoms with E-state index in [0.29, 0.717) is 5.89 Å². The van der Waals surface area contributed by atoms with Crippen LogP contribution in [-0.4, -0.2) is 9.55 Å². The summed E-state index contributed by atoms with van der Waals surface area (Å²) in [5.41, 5.74) is 15.3. The zero-order chi connectivity index (χ0) is 39.6. The number of nitrogens with zero attached hydrogens (tertiary/aromatic N) is 3. The number of aromatic nitrogens is 2. The Morgan fingerprint density at radius 2 is 1.00 bits per heavy atom. The quantitative estimate of drug-likeness (QED) is 0.162. The van der Waals surface area contributed by atoms with Gasteiger partial charge in [0.1, 0.15) is 16.7 Å². The average Bonchev–Trinajstić information content (AvgIpc) is 4.01. The smallest absolute Gasteiger partial charge is 0.227 e. The summed E-state index contributed by atoms with van der Waals surface area (Å²) in [6.45, 7) is 0. The van der Waals surface area contributed by atoms with Gasteiger partial charge in [0, 0.05) is 55.9 Å². The van der Waals surface area contributed by atoms with Crippen molar-refractivity contribution in [3.63, 3.8) is 0 Å². The van der Waals surface area contributed by atoms with E-state index in [0.717, 1.165) is 72.5 Å². The summed E-state index contributed by atoms with van der Waals surface area (Å²) in [4.78, 5) is 7.15. The molecule has 0 aliphatic carbocycles. The molecule has 0 spiro atoms. The van der Waals surface area contributed by atoms with Gasteiger partial charge in [-0.2, -0.15) is 0 Å². The molecular weight excluding hydrogens is 735 g/mol. The van der Waals surface area contributed by atoms with Crippen molar-refractivity contribution < 1.29 is 8.83 Å². The fourth-order valence-corrected chi connectivity index (χ4v) is 8.82. The summed E-state index contributed by atoms with van der Waals surface area (Å²) in [5, 5.41) is 4.46. The number of rotatable bonds is 7. The van der Waals surface area contributed by atoms with Gasteiger partial charge in [-0.05, 0) is 107 Å². The van der Waals surface area contributed by atoms with Gasteiger partial charge in [0.25, 0.3) is 0 Å². The second kappa shape index (κ2) is 13.8. The second-order valence-electron chi connectivity index (χ2n) is 15.2. The van der Waals surface area contributed by atoms with E-state index in [1.54, 1.807) is 0 Å². The number of fused-ring (bicyclic) bond motifs is 7. The van der Waals surface area contributed by atoms with Crippen LogP contribution in [0.15, 0.2) is 221 Å². The molecule has 3 aromatic heterocycles. The highest BCUT2D eigenvalue weighted by Crippen LogP contribution is 2.43. The molecule has 5 heteroatoms. The van der Waals surface area contributed by atoms with Crippen LogP contribution < -0.4 is 4.90 Å². The van der Waals surface area contributed by atoms with Crippen molar-refractivity contribution in [2.45, 2.75) is 0 Å². The van der Waals surface area contributed by atoms with Crippen molar-refractivity contribution in [3.05, 3.63) is 212 Å². The van der Waals surface area contributed by atoms with Gasteiger partial charge in [0.05, 0.1) is 11.0 Å². The topological polar surface area (TPSA) is 47.3 Å². The predicted octanol–water partition coefficient (Wildman–Crippen LogP) is 15.3. The monoisotopic (exact) mass is 769 g/mol. The summed E-state index contributed by atoms with van der Waals surface area (Å²) < 4.78 is 15.1. The van der Waals surface area contributed by atoms with E-state index in [9.17, 15) is 0 Å². The number of oxazole rings is 1. The zero-order valence-corrected chi connectivity index (χ0v) is 32.4. The molecule has 0 atom stereocenters. The van der Waals surface area contributed by atoms with Crippen molar-refractivity contribution in [1.29, 1.82) is 0 Å². The Labute approximate surface area is 345 Å². The highest BCUT2D eigenvalue weighted by molar-refractivity contribution is 6.15. The molecule has 0 amide bonds. The van der Waals surface area contributed by atoms with Crippen LogP contribution in [0.2, 0.25) is 0 Å². The molecule has 0 aliphatic rings. The van der Waals surface area contributed by atoms with Crippen molar-refractivity contribution in [2.75, 3.05) is 4.90 Å². The Balaban J connectivity index is 0.985. The number of para-hydroxylation sites is 2. The number of hydrogen-bond acceptors (Lipinski definition) is 4. The van der Waals surface area contributed by atoms with Gasteiger partial charge < -0.3 is 18.3 Å². The van der Waals surface area contributed by atoms with E-state index in [-0.39, 0.29) is 0 Å². The van der Waals surface area contributed by atoms with Gasteiger partial charge >= 0.3 is 0 Å². The van der Waals surface area contributed by atoms with Crippen LogP contribution in [0.4, 0.5) is 17.1 Å². The van der Waals surface area contributed by atoms with Crippen LogP contribution in [-0.2, 0) is 0 Å². The van der Waals surface area contributed by atoms with Crippen LogP contribution in [0.5, 0.6) is 0 Å². The first-order valence-corrected chi connectivity index (χ1v) is 20.2. The molecule has 0 N–H and O–H groups in total. The van der Waals surface area contributed by atoms with Crippen LogP contribution in [0.3, 0.4) is 0 Å². The molecule has 0 aliphatic heterocycles. The molecule has 5 nitrogen and oxygen atoms in total. The van der Waals surface area contributed by atoms with Gasteiger partial charge in [-0.25, -0.2) is 4.98 Å². The molecule has 0 bridgehead atoms. The molecule has 0 radical (unpaired) electrons. The highest BCUT2D eigenvalue weighted by atomic mass is 16.4. The molecule has 12 aromatic rings. The molecule has 60 heavy (non-hydrogen) atoms. The Bertz CT molecular complexity index is 3510. The van der Waals surface area contributed by atoms with Gasteiger partial charge in [-0.1, -0.05) is 121 Å². The molecule has 0 fully saturated rings. The largest absolute Gasteiger partial charge is 0.456 e. The molecule has 3 heterocycles. The third-order valence-corrected chi connectivity index (χ3v) is 11.6. The Hall–Kier alpha value is -8.15. The summed E-state index contributed by atoms with van der Waals surface area (Å²) >= 11 is 0. The maximum Gasteiger partial charge on any atom is 0.227 e. The van der Waals surface area contributed by atoms with E-state index in [4.69, 9.17) is 13.8 Å². The third-order valence-electron chi connectivity index (χ3n) is 11.6. The lowest BCUT2D eigenvalue weighted by atomic mass is 9.98. The fraction of sp³-hybridized carbons (Fsp3) is 0. The first-order chi connectivity index (χ1) is 29.7. The molecule has 0 saturated heterocycles. The van der Waals surface area contributed by atoms with Crippen LogP contribution in [0.1, 0.15) is 0 Å². The lowest BCUT2D eigenvalue weighted by molar-refractivity contribution is 0.620. The lowest BCUT2D eigenvalue weighted by Crippen LogP contribution is -2.10. The zero-order valence-electron chi connectivity index (χ0n) is 32.4. The molecular formula is C55H35N3O2. The highest BCUT2D eigenvalue weighted by Gasteiger charge is 2.20. The number of benzene rings is 9. The van der Waals surface area contributed by atoms with Crippen molar-refractivity contribution in [2.24, 2.45) is 0 Å². The minimum absolute atomic E-state index is 0.596. The summed E-state index contributed by atoms with van der Waals surface area (Å²) in [6.07, 6.45) is 0. The van der Waals surface area contributed by atoms with Crippen molar-refractivity contribution in [1.82, 2.24) is 9.55 Å². The van der Waals surface area contributed by atoms with Gasteiger partial charge in [0.2, 0.25) is 5.89 Å². The Morgan fingerprint density at radius 3 is 1.75 bits per heavy atom. The van der Waals surface area contributed by atoms with Crippen LogP contribution in [0, 0.1) is 0 Å². The van der Waals surface area contributed by atoms with E-state index in [1.165, 1.54) is 32.9 Å². The molecule has 0 unspecified atom stereocenters. The molecule has 9 aromatic carbocycles. The summed E-state index contributed by atoms with van der Waals surface area (Å²) in [7, 11) is 0. The van der Waals surface area contributed by atoms with Crippen molar-refractivity contribution in [3.8, 4) is 39.4 Å². The SMILES string of the molecule is c1ccc(-c2ccc(N(c3ccc(-c4cccc5oc6cc7nc(-c8ccccc8)oc7cc6c45)cc3)c3ccc4c(c3)c3ccccc3n4-c3ccccc3)cc2)cc1. The second-order valence-corrected chi connectivity index (χ2v) is 15.2. The van der Waals surface area contributed by atoms with Gasteiger partial charge in [0.15, 0.2) is 5.58 Å². The van der Waals surface area contributed by atoms with E-state index in [1.807, 2.05) is 42.5 Å². The fourth-order valence-electron chi connectivity index (χ4n) is 8.82. The normalized spacial score (nSPS) is 11.7. The van der Waals surface area contributed by atoms with E-state index in [2.05, 4.69) is 179 Å². The summed E-state index contributed by atoms with van der Waals surface area (Å²) in [6, 6.07) is 74.7. The average molecular weight is 770 g/mol. The third kappa shape index (κ3) is 5.59. The first-order valence-electron chi connectivity index (χ1n) is 20.2. The minimum Gasteiger partial charge on any atom is -0.456 e. The molecule has 282 valence electrons. The van der Waals surface area contributed by atoms with E-state index < -0.39 is 0 Å². The van der Waals surface area contributed by atoms with Crippen LogP contribution >= 0.6 is 0 Å².